The maximum absolute atomic E-state index is 5.75. The second-order valence-electron chi connectivity index (χ2n) is 4.15. The number of aromatic amines is 1. The molecule has 3 rings (SSSR count). The van der Waals surface area contributed by atoms with Gasteiger partial charge in [0.15, 0.2) is 11.5 Å². The van der Waals surface area contributed by atoms with Crippen LogP contribution in [0.1, 0.15) is 12.8 Å². The summed E-state index contributed by atoms with van der Waals surface area (Å²) in [4.78, 5) is 15.4. The van der Waals surface area contributed by atoms with E-state index in [1.807, 2.05) is 0 Å². The minimum atomic E-state index is 0.307. The minimum Gasteiger partial charge on any atom is -0.364 e. The van der Waals surface area contributed by atoms with Crippen LogP contribution in [0, 0.1) is 5.92 Å². The molecule has 2 aromatic heterocycles. The Balaban J connectivity index is 1.89. The van der Waals surface area contributed by atoms with Gasteiger partial charge in [0, 0.05) is 12.6 Å². The first-order chi connectivity index (χ1) is 7.88. The molecular weight excluding hydrogens is 204 g/mol. The van der Waals surface area contributed by atoms with Gasteiger partial charge in [-0.3, -0.25) is 0 Å². The van der Waals surface area contributed by atoms with Crippen molar-refractivity contribution in [2.75, 3.05) is 11.9 Å². The molecule has 6 heteroatoms. The molecule has 0 aromatic carbocycles. The van der Waals surface area contributed by atoms with Gasteiger partial charge in [-0.25, -0.2) is 15.0 Å². The molecule has 84 valence electrons. The number of aromatic nitrogens is 4. The number of hydrogen-bond acceptors (Lipinski definition) is 5. The Morgan fingerprint density at radius 1 is 1.44 bits per heavy atom. The van der Waals surface area contributed by atoms with Gasteiger partial charge in [-0.05, 0) is 18.8 Å². The summed E-state index contributed by atoms with van der Waals surface area (Å²) in [6, 6.07) is 0.307. The first kappa shape index (κ1) is 9.53. The Hall–Kier alpha value is -1.69. The molecule has 1 unspecified atom stereocenters. The first-order valence-corrected chi connectivity index (χ1v) is 5.49. The summed E-state index contributed by atoms with van der Waals surface area (Å²) in [5.41, 5.74) is 7.28. The van der Waals surface area contributed by atoms with Gasteiger partial charge in [0.2, 0.25) is 0 Å². The summed E-state index contributed by atoms with van der Waals surface area (Å²) in [5, 5.41) is 3.37. The lowest BCUT2D eigenvalue weighted by molar-refractivity contribution is 0.643. The average Bonchev–Trinajstić information content (AvgIpc) is 3.03. The van der Waals surface area contributed by atoms with Crippen molar-refractivity contribution in [3.05, 3.63) is 12.7 Å². The van der Waals surface area contributed by atoms with E-state index in [0.717, 1.165) is 11.3 Å². The van der Waals surface area contributed by atoms with Crippen molar-refractivity contribution in [2.45, 2.75) is 18.9 Å². The van der Waals surface area contributed by atoms with Crippen molar-refractivity contribution in [3.63, 3.8) is 0 Å². The van der Waals surface area contributed by atoms with Crippen molar-refractivity contribution in [1.82, 2.24) is 19.9 Å². The summed E-state index contributed by atoms with van der Waals surface area (Å²) < 4.78 is 0. The van der Waals surface area contributed by atoms with Gasteiger partial charge >= 0.3 is 0 Å². The number of hydrogen-bond donors (Lipinski definition) is 3. The van der Waals surface area contributed by atoms with Crippen molar-refractivity contribution in [1.29, 1.82) is 0 Å². The molecule has 0 spiro atoms. The molecule has 0 saturated heterocycles. The van der Waals surface area contributed by atoms with Crippen LogP contribution in [0.15, 0.2) is 12.7 Å². The van der Waals surface area contributed by atoms with E-state index < -0.39 is 0 Å². The highest BCUT2D eigenvalue weighted by atomic mass is 15.1. The summed E-state index contributed by atoms with van der Waals surface area (Å²) >= 11 is 0. The van der Waals surface area contributed by atoms with Crippen LogP contribution < -0.4 is 11.1 Å². The summed E-state index contributed by atoms with van der Waals surface area (Å²) in [5.74, 6) is 1.49. The van der Waals surface area contributed by atoms with Gasteiger partial charge in [0.25, 0.3) is 0 Å². The van der Waals surface area contributed by atoms with E-state index in [1.54, 1.807) is 6.33 Å². The van der Waals surface area contributed by atoms with Crippen LogP contribution in [0.5, 0.6) is 0 Å². The van der Waals surface area contributed by atoms with Gasteiger partial charge in [0.05, 0.1) is 6.33 Å². The highest BCUT2D eigenvalue weighted by Gasteiger charge is 2.30. The van der Waals surface area contributed by atoms with E-state index in [1.165, 1.54) is 19.2 Å². The molecule has 1 fully saturated rings. The Morgan fingerprint density at radius 3 is 3.06 bits per heavy atom. The largest absolute Gasteiger partial charge is 0.364 e. The van der Waals surface area contributed by atoms with E-state index in [9.17, 15) is 0 Å². The van der Waals surface area contributed by atoms with Gasteiger partial charge in [-0.15, -0.1) is 0 Å². The number of nitrogens with two attached hydrogens (primary N) is 1. The molecule has 1 aliphatic rings. The maximum Gasteiger partial charge on any atom is 0.182 e. The zero-order valence-corrected chi connectivity index (χ0v) is 8.85. The summed E-state index contributed by atoms with van der Waals surface area (Å²) in [7, 11) is 0. The van der Waals surface area contributed by atoms with E-state index >= 15 is 0 Å². The molecule has 2 heterocycles. The number of rotatable bonds is 4. The molecule has 0 aliphatic heterocycles. The van der Waals surface area contributed by atoms with Crippen LogP contribution in [0.3, 0.4) is 0 Å². The Bertz CT molecular complexity index is 489. The lowest BCUT2D eigenvalue weighted by Crippen LogP contribution is -2.31. The third-order valence-electron chi connectivity index (χ3n) is 2.99. The highest BCUT2D eigenvalue weighted by Crippen LogP contribution is 2.34. The summed E-state index contributed by atoms with van der Waals surface area (Å²) in [6.45, 7) is 0.629. The first-order valence-electron chi connectivity index (χ1n) is 5.49. The SMILES string of the molecule is NCC(Nc1ncnc2nc[nH]c12)C1CC1. The molecule has 0 radical (unpaired) electrons. The van der Waals surface area contributed by atoms with Crippen molar-refractivity contribution >= 4 is 17.0 Å². The summed E-state index contributed by atoms with van der Waals surface area (Å²) in [6.07, 6.45) is 5.66. The molecule has 1 saturated carbocycles. The van der Waals surface area contributed by atoms with E-state index in [0.29, 0.717) is 24.2 Å². The molecule has 1 aliphatic carbocycles. The fraction of sp³-hybridized carbons (Fsp3) is 0.500. The minimum absolute atomic E-state index is 0.307. The van der Waals surface area contributed by atoms with Gasteiger partial charge in [0.1, 0.15) is 11.8 Å². The van der Waals surface area contributed by atoms with E-state index in [-0.39, 0.29) is 0 Å². The van der Waals surface area contributed by atoms with Crippen molar-refractivity contribution in [2.24, 2.45) is 11.7 Å². The van der Waals surface area contributed by atoms with Crippen LogP contribution in [0.2, 0.25) is 0 Å². The van der Waals surface area contributed by atoms with E-state index in [4.69, 9.17) is 5.73 Å². The molecule has 4 N–H and O–H groups in total. The molecule has 6 nitrogen and oxygen atoms in total. The lowest BCUT2D eigenvalue weighted by atomic mass is 10.2. The third kappa shape index (κ3) is 1.61. The number of fused-ring (bicyclic) bond motifs is 1. The second kappa shape index (κ2) is 3.71. The normalized spacial score (nSPS) is 17.6. The number of imidazole rings is 1. The molecule has 0 amide bonds. The van der Waals surface area contributed by atoms with Crippen LogP contribution >= 0.6 is 0 Å². The fourth-order valence-electron chi connectivity index (χ4n) is 1.92. The molecule has 16 heavy (non-hydrogen) atoms. The molecular formula is C10H14N6. The van der Waals surface area contributed by atoms with Gasteiger partial charge in [-0.2, -0.15) is 0 Å². The predicted octanol–water partition coefficient (Wildman–Crippen LogP) is 0.502. The second-order valence-corrected chi connectivity index (χ2v) is 4.15. The smallest absolute Gasteiger partial charge is 0.182 e. The monoisotopic (exact) mass is 218 g/mol. The zero-order valence-electron chi connectivity index (χ0n) is 8.85. The Kier molecular flexibility index (Phi) is 2.21. The average molecular weight is 218 g/mol. The third-order valence-corrected chi connectivity index (χ3v) is 2.99. The van der Waals surface area contributed by atoms with Crippen molar-refractivity contribution < 1.29 is 0 Å². The van der Waals surface area contributed by atoms with Crippen LogP contribution in [-0.4, -0.2) is 32.5 Å². The van der Waals surface area contributed by atoms with Crippen LogP contribution in [0.25, 0.3) is 11.2 Å². The Morgan fingerprint density at radius 2 is 2.31 bits per heavy atom. The van der Waals surface area contributed by atoms with Crippen LogP contribution in [0.4, 0.5) is 5.82 Å². The standard InChI is InChI=1S/C10H14N6/c11-3-7(6-1-2-6)16-10-8-9(13-4-12-8)14-5-15-10/h4-7H,1-3,11H2,(H2,12,13,14,15,16). The number of nitrogens with one attached hydrogen (secondary N) is 2. The van der Waals surface area contributed by atoms with Gasteiger partial charge < -0.3 is 16.0 Å². The van der Waals surface area contributed by atoms with Gasteiger partial charge in [-0.1, -0.05) is 0 Å². The number of H-pyrrole nitrogens is 1. The molecule has 1 atom stereocenters. The maximum atomic E-state index is 5.75. The number of nitrogens with zero attached hydrogens (tertiary/aromatic N) is 3. The Labute approximate surface area is 92.7 Å². The van der Waals surface area contributed by atoms with Crippen LogP contribution in [-0.2, 0) is 0 Å². The van der Waals surface area contributed by atoms with E-state index in [2.05, 4.69) is 25.3 Å². The molecule has 2 aromatic rings. The topological polar surface area (TPSA) is 92.5 Å². The van der Waals surface area contributed by atoms with Crippen molar-refractivity contribution in [3.8, 4) is 0 Å². The fourth-order valence-corrected chi connectivity index (χ4v) is 1.92. The quantitative estimate of drug-likeness (QED) is 0.695. The zero-order chi connectivity index (χ0) is 11.0. The predicted molar refractivity (Wildman–Crippen MR) is 60.9 cm³/mol. The highest BCUT2D eigenvalue weighted by molar-refractivity contribution is 5.82. The molecule has 0 bridgehead atoms. The lowest BCUT2D eigenvalue weighted by Gasteiger charge is -2.16. The number of anilines is 1.